The third kappa shape index (κ3) is 4.56. The Morgan fingerprint density at radius 1 is 0.917 bits per heavy atom. The number of rotatable bonds is 8. The number of amides is 1. The lowest BCUT2D eigenvalue weighted by Crippen LogP contribution is -2.44. The van der Waals surface area contributed by atoms with Crippen LogP contribution in [0.3, 0.4) is 0 Å². The monoisotopic (exact) mass is 317 g/mol. The van der Waals surface area contributed by atoms with E-state index in [0.29, 0.717) is 12.8 Å². The molecule has 0 aromatic heterocycles. The fraction of sp³-hybridized carbons (Fsp3) is 0.136. The van der Waals surface area contributed by atoms with Crippen molar-refractivity contribution in [3.8, 4) is 0 Å². The molecule has 0 fully saturated rings. The van der Waals surface area contributed by atoms with Crippen LogP contribution in [0.1, 0.15) is 24.0 Å². The summed E-state index contributed by atoms with van der Waals surface area (Å²) >= 11 is 0. The summed E-state index contributed by atoms with van der Waals surface area (Å²) in [6.45, 7) is 7.70. The van der Waals surface area contributed by atoms with Gasteiger partial charge in [0.1, 0.15) is 0 Å². The van der Waals surface area contributed by atoms with E-state index >= 15 is 0 Å². The topological polar surface area (TPSA) is 29.1 Å². The maximum atomic E-state index is 12.5. The van der Waals surface area contributed by atoms with E-state index in [-0.39, 0.29) is 5.91 Å². The second-order valence-electron chi connectivity index (χ2n) is 5.67. The highest BCUT2D eigenvalue weighted by molar-refractivity contribution is 5.92. The third-order valence-electron chi connectivity index (χ3n) is 3.90. The molecule has 0 atom stereocenters. The summed E-state index contributed by atoms with van der Waals surface area (Å²) < 4.78 is 0. The molecule has 0 saturated carbocycles. The van der Waals surface area contributed by atoms with E-state index in [1.165, 1.54) is 0 Å². The largest absolute Gasteiger partial charge is 0.342 e. The molecule has 0 heterocycles. The van der Waals surface area contributed by atoms with Crippen molar-refractivity contribution in [3.63, 3.8) is 0 Å². The van der Waals surface area contributed by atoms with Crippen molar-refractivity contribution >= 4 is 12.0 Å². The SMILES string of the molecule is C=CCC(CC=C)(NC(=O)C=Cc1ccccc1)c1ccccc1. The van der Waals surface area contributed by atoms with Crippen LogP contribution in [0.5, 0.6) is 0 Å². The van der Waals surface area contributed by atoms with E-state index < -0.39 is 5.54 Å². The summed E-state index contributed by atoms with van der Waals surface area (Å²) in [4.78, 5) is 12.5. The molecule has 24 heavy (non-hydrogen) atoms. The Balaban J connectivity index is 2.24. The summed E-state index contributed by atoms with van der Waals surface area (Å²) in [6.07, 6.45) is 8.31. The van der Waals surface area contributed by atoms with Crippen LogP contribution in [0.4, 0.5) is 0 Å². The Morgan fingerprint density at radius 3 is 2.00 bits per heavy atom. The molecule has 0 bridgehead atoms. The summed E-state index contributed by atoms with van der Waals surface area (Å²) in [7, 11) is 0. The third-order valence-corrected chi connectivity index (χ3v) is 3.90. The second-order valence-corrected chi connectivity index (χ2v) is 5.67. The molecule has 0 saturated heterocycles. The van der Waals surface area contributed by atoms with Gasteiger partial charge in [0.15, 0.2) is 0 Å². The minimum absolute atomic E-state index is 0.133. The van der Waals surface area contributed by atoms with Gasteiger partial charge in [-0.05, 0) is 30.0 Å². The number of nitrogens with one attached hydrogen (secondary N) is 1. The summed E-state index contributed by atoms with van der Waals surface area (Å²) in [5, 5.41) is 3.15. The average molecular weight is 317 g/mol. The normalized spacial score (nSPS) is 11.2. The summed E-state index contributed by atoms with van der Waals surface area (Å²) in [5.41, 5.74) is 1.51. The first kappa shape index (κ1) is 17.5. The highest BCUT2D eigenvalue weighted by Gasteiger charge is 2.30. The van der Waals surface area contributed by atoms with Crippen LogP contribution in [0.25, 0.3) is 6.08 Å². The predicted octanol–water partition coefficient (Wildman–Crippen LogP) is 4.86. The zero-order chi connectivity index (χ0) is 17.3. The number of hydrogen-bond donors (Lipinski definition) is 1. The molecule has 0 aliphatic heterocycles. The molecule has 2 heteroatoms. The molecular formula is C22H23NO. The van der Waals surface area contributed by atoms with E-state index in [1.807, 2.05) is 78.9 Å². The molecule has 0 aliphatic rings. The van der Waals surface area contributed by atoms with Gasteiger partial charge in [0.05, 0.1) is 5.54 Å². The molecule has 2 nitrogen and oxygen atoms in total. The Bertz CT molecular complexity index is 691. The standard InChI is InChI=1S/C22H23NO/c1-3-17-22(18-4-2,20-13-9-6-10-14-20)23-21(24)16-15-19-11-7-5-8-12-19/h3-16H,1-2,17-18H2,(H,23,24). The van der Waals surface area contributed by atoms with E-state index in [2.05, 4.69) is 18.5 Å². The van der Waals surface area contributed by atoms with Crippen molar-refractivity contribution in [1.82, 2.24) is 5.32 Å². The number of carbonyl (C=O) groups excluding carboxylic acids is 1. The van der Waals surface area contributed by atoms with E-state index in [4.69, 9.17) is 0 Å². The van der Waals surface area contributed by atoms with Crippen molar-refractivity contribution in [1.29, 1.82) is 0 Å². The van der Waals surface area contributed by atoms with E-state index in [0.717, 1.165) is 11.1 Å². The van der Waals surface area contributed by atoms with Crippen LogP contribution in [-0.2, 0) is 10.3 Å². The minimum atomic E-state index is -0.525. The first-order valence-corrected chi connectivity index (χ1v) is 8.03. The maximum absolute atomic E-state index is 12.5. The molecule has 122 valence electrons. The number of benzene rings is 2. The Morgan fingerprint density at radius 2 is 1.46 bits per heavy atom. The number of hydrogen-bond acceptors (Lipinski definition) is 1. The molecule has 2 rings (SSSR count). The molecule has 0 aliphatic carbocycles. The highest BCUT2D eigenvalue weighted by Crippen LogP contribution is 2.30. The van der Waals surface area contributed by atoms with Gasteiger partial charge in [0.2, 0.25) is 5.91 Å². The molecule has 0 radical (unpaired) electrons. The Labute approximate surface area is 144 Å². The molecular weight excluding hydrogens is 294 g/mol. The van der Waals surface area contributed by atoms with Gasteiger partial charge in [-0.25, -0.2) is 0 Å². The first-order valence-electron chi connectivity index (χ1n) is 8.03. The molecule has 0 unspecified atom stereocenters. The maximum Gasteiger partial charge on any atom is 0.244 e. The fourth-order valence-corrected chi connectivity index (χ4v) is 2.76. The fourth-order valence-electron chi connectivity index (χ4n) is 2.76. The van der Waals surface area contributed by atoms with Gasteiger partial charge >= 0.3 is 0 Å². The zero-order valence-corrected chi connectivity index (χ0v) is 13.8. The van der Waals surface area contributed by atoms with Gasteiger partial charge < -0.3 is 5.32 Å². The van der Waals surface area contributed by atoms with Crippen LogP contribution >= 0.6 is 0 Å². The zero-order valence-electron chi connectivity index (χ0n) is 13.8. The quantitative estimate of drug-likeness (QED) is 0.546. The Hall–Kier alpha value is -2.87. The second kappa shape index (κ2) is 8.68. The average Bonchev–Trinajstić information content (AvgIpc) is 2.62. The van der Waals surface area contributed by atoms with Gasteiger partial charge in [0, 0.05) is 6.08 Å². The molecule has 2 aromatic rings. The lowest BCUT2D eigenvalue weighted by molar-refractivity contribution is -0.118. The van der Waals surface area contributed by atoms with Crippen LogP contribution in [-0.4, -0.2) is 5.91 Å². The predicted molar refractivity (Wildman–Crippen MR) is 101 cm³/mol. The van der Waals surface area contributed by atoms with E-state index in [1.54, 1.807) is 6.08 Å². The van der Waals surface area contributed by atoms with Crippen molar-refractivity contribution in [2.45, 2.75) is 18.4 Å². The molecule has 1 N–H and O–H groups in total. The van der Waals surface area contributed by atoms with Gasteiger partial charge in [-0.15, -0.1) is 13.2 Å². The summed E-state index contributed by atoms with van der Waals surface area (Å²) in [5.74, 6) is -0.133. The molecule has 1 amide bonds. The van der Waals surface area contributed by atoms with Gasteiger partial charge in [-0.1, -0.05) is 72.8 Å². The smallest absolute Gasteiger partial charge is 0.244 e. The van der Waals surface area contributed by atoms with Crippen LogP contribution in [0.2, 0.25) is 0 Å². The minimum Gasteiger partial charge on any atom is -0.342 e. The Kier molecular flexibility index (Phi) is 6.32. The first-order chi connectivity index (χ1) is 11.7. The number of carbonyl (C=O) groups is 1. The van der Waals surface area contributed by atoms with Gasteiger partial charge in [-0.2, -0.15) is 0 Å². The summed E-state index contributed by atoms with van der Waals surface area (Å²) in [6, 6.07) is 19.7. The van der Waals surface area contributed by atoms with Crippen LogP contribution in [0.15, 0.2) is 92.0 Å². The molecule has 2 aromatic carbocycles. The molecule has 0 spiro atoms. The lowest BCUT2D eigenvalue weighted by Gasteiger charge is -2.33. The highest BCUT2D eigenvalue weighted by atomic mass is 16.1. The van der Waals surface area contributed by atoms with Crippen molar-refractivity contribution in [3.05, 3.63) is 103 Å². The van der Waals surface area contributed by atoms with Gasteiger partial charge in [0.25, 0.3) is 0 Å². The van der Waals surface area contributed by atoms with E-state index in [9.17, 15) is 4.79 Å². The van der Waals surface area contributed by atoms with Gasteiger partial charge in [-0.3, -0.25) is 4.79 Å². The van der Waals surface area contributed by atoms with Crippen LogP contribution in [0, 0.1) is 0 Å². The van der Waals surface area contributed by atoms with Crippen molar-refractivity contribution in [2.75, 3.05) is 0 Å². The van der Waals surface area contributed by atoms with Crippen molar-refractivity contribution in [2.24, 2.45) is 0 Å². The van der Waals surface area contributed by atoms with Crippen molar-refractivity contribution < 1.29 is 4.79 Å². The van der Waals surface area contributed by atoms with Crippen LogP contribution < -0.4 is 5.32 Å². The lowest BCUT2D eigenvalue weighted by atomic mass is 9.83.